The fourth-order valence-electron chi connectivity index (χ4n) is 2.94. The summed E-state index contributed by atoms with van der Waals surface area (Å²) in [6.45, 7) is 0.535. The lowest BCUT2D eigenvalue weighted by atomic mass is 10.0. The number of hydrogen-bond acceptors (Lipinski definition) is 1. The number of amides is 1. The van der Waals surface area contributed by atoms with E-state index in [0.29, 0.717) is 17.5 Å². The molecule has 1 aliphatic rings. The van der Waals surface area contributed by atoms with Crippen LogP contribution in [0.2, 0.25) is 0 Å². The van der Waals surface area contributed by atoms with Crippen molar-refractivity contribution in [2.45, 2.75) is 6.54 Å². The van der Waals surface area contributed by atoms with Gasteiger partial charge in [0.05, 0.1) is 0 Å². The number of rotatable bonds is 0. The molecule has 2 aromatic carbocycles. The van der Waals surface area contributed by atoms with Gasteiger partial charge in [-0.3, -0.25) is 4.79 Å². The lowest BCUT2D eigenvalue weighted by Gasteiger charge is -2.05. The summed E-state index contributed by atoms with van der Waals surface area (Å²) in [5, 5.41) is 1.42. The highest BCUT2D eigenvalue weighted by molar-refractivity contribution is 6.14. The summed E-state index contributed by atoms with van der Waals surface area (Å²) in [7, 11) is 1.76. The van der Waals surface area contributed by atoms with Gasteiger partial charge in [0, 0.05) is 41.0 Å². The van der Waals surface area contributed by atoms with Gasteiger partial charge in [0.2, 0.25) is 0 Å². The molecule has 4 rings (SSSR count). The first-order chi connectivity index (χ1) is 9.16. The number of H-pyrrole nitrogens is 1. The molecule has 2 heterocycles. The van der Waals surface area contributed by atoms with Gasteiger partial charge in [0.1, 0.15) is 5.82 Å². The lowest BCUT2D eigenvalue weighted by Crippen LogP contribution is -2.17. The molecule has 0 bridgehead atoms. The topological polar surface area (TPSA) is 36.1 Å². The molecule has 3 nitrogen and oxygen atoms in total. The van der Waals surface area contributed by atoms with E-state index in [1.54, 1.807) is 18.0 Å². The Labute approximate surface area is 108 Å². The van der Waals surface area contributed by atoms with E-state index in [-0.39, 0.29) is 11.7 Å². The number of nitrogens with one attached hydrogen (secondary N) is 1. The van der Waals surface area contributed by atoms with Crippen molar-refractivity contribution < 1.29 is 9.18 Å². The number of aromatic nitrogens is 1. The highest BCUT2D eigenvalue weighted by Gasteiger charge is 2.27. The number of carbonyl (C=O) groups is 1. The van der Waals surface area contributed by atoms with Crippen molar-refractivity contribution in [3.63, 3.8) is 0 Å². The Morgan fingerprint density at radius 1 is 1.16 bits per heavy atom. The summed E-state index contributed by atoms with van der Waals surface area (Å²) in [4.78, 5) is 16.9. The van der Waals surface area contributed by atoms with E-state index in [1.807, 2.05) is 18.2 Å². The molecule has 0 saturated carbocycles. The van der Waals surface area contributed by atoms with E-state index in [9.17, 15) is 9.18 Å². The maximum Gasteiger partial charge on any atom is 0.254 e. The maximum absolute atomic E-state index is 14.1. The van der Waals surface area contributed by atoms with E-state index in [1.165, 1.54) is 6.07 Å². The molecule has 1 N–H and O–H groups in total. The first-order valence-electron chi connectivity index (χ1n) is 6.14. The summed E-state index contributed by atoms with van der Waals surface area (Å²) in [5.74, 6) is -0.248. The van der Waals surface area contributed by atoms with E-state index in [0.717, 1.165) is 22.0 Å². The van der Waals surface area contributed by atoms with Gasteiger partial charge < -0.3 is 9.88 Å². The second-order valence-corrected chi connectivity index (χ2v) is 4.96. The molecule has 0 fully saturated rings. The Kier molecular flexibility index (Phi) is 1.86. The van der Waals surface area contributed by atoms with E-state index in [4.69, 9.17) is 0 Å². The van der Waals surface area contributed by atoms with E-state index >= 15 is 0 Å². The third-order valence-corrected chi connectivity index (χ3v) is 3.82. The van der Waals surface area contributed by atoms with E-state index in [2.05, 4.69) is 4.98 Å². The second-order valence-electron chi connectivity index (χ2n) is 4.96. The van der Waals surface area contributed by atoms with Gasteiger partial charge in [-0.25, -0.2) is 4.39 Å². The lowest BCUT2D eigenvalue weighted by molar-refractivity contribution is 0.0816. The molecule has 1 aliphatic heterocycles. The Balaban J connectivity index is 2.23. The van der Waals surface area contributed by atoms with Gasteiger partial charge in [-0.15, -0.1) is 0 Å². The molecule has 0 atom stereocenters. The quantitative estimate of drug-likeness (QED) is 0.657. The summed E-state index contributed by atoms with van der Waals surface area (Å²) >= 11 is 0. The highest BCUT2D eigenvalue weighted by Crippen LogP contribution is 2.35. The van der Waals surface area contributed by atoms with Crippen LogP contribution in [0.15, 0.2) is 30.3 Å². The predicted octanol–water partition coefficient (Wildman–Crippen LogP) is 3.05. The fourth-order valence-corrected chi connectivity index (χ4v) is 2.94. The third-order valence-electron chi connectivity index (χ3n) is 3.82. The molecule has 0 unspecified atom stereocenters. The van der Waals surface area contributed by atoms with Crippen molar-refractivity contribution in [3.8, 4) is 0 Å². The van der Waals surface area contributed by atoms with Crippen molar-refractivity contribution in [2.75, 3.05) is 7.05 Å². The van der Waals surface area contributed by atoms with Crippen molar-refractivity contribution in [1.29, 1.82) is 0 Å². The first kappa shape index (κ1) is 10.6. The summed E-state index contributed by atoms with van der Waals surface area (Å²) in [6.07, 6.45) is 0. The van der Waals surface area contributed by atoms with Gasteiger partial charge in [0.25, 0.3) is 5.91 Å². The number of fused-ring (bicyclic) bond motifs is 5. The minimum atomic E-state index is -0.251. The molecular weight excluding hydrogens is 243 g/mol. The van der Waals surface area contributed by atoms with E-state index < -0.39 is 0 Å². The fraction of sp³-hybridized carbons (Fsp3) is 0.133. The molecule has 94 valence electrons. The number of aromatic amines is 1. The van der Waals surface area contributed by atoms with Crippen molar-refractivity contribution in [3.05, 3.63) is 47.3 Å². The monoisotopic (exact) mass is 254 g/mol. The minimum Gasteiger partial charge on any atom is -0.354 e. The zero-order valence-electron chi connectivity index (χ0n) is 10.3. The van der Waals surface area contributed by atoms with Gasteiger partial charge in [-0.1, -0.05) is 6.07 Å². The van der Waals surface area contributed by atoms with Crippen LogP contribution in [0.5, 0.6) is 0 Å². The smallest absolute Gasteiger partial charge is 0.254 e. The zero-order chi connectivity index (χ0) is 13.1. The van der Waals surface area contributed by atoms with Crippen molar-refractivity contribution in [1.82, 2.24) is 9.88 Å². The Morgan fingerprint density at radius 3 is 2.79 bits per heavy atom. The molecule has 0 saturated heterocycles. The van der Waals surface area contributed by atoms with Crippen LogP contribution >= 0.6 is 0 Å². The second kappa shape index (κ2) is 3.35. The largest absolute Gasteiger partial charge is 0.354 e. The van der Waals surface area contributed by atoms with Crippen molar-refractivity contribution in [2.24, 2.45) is 0 Å². The average molecular weight is 254 g/mol. The minimum absolute atomic E-state index is 0.00240. The number of nitrogens with zero attached hydrogens (tertiary/aromatic N) is 1. The van der Waals surface area contributed by atoms with Crippen LogP contribution in [0.4, 0.5) is 4.39 Å². The summed E-state index contributed by atoms with van der Waals surface area (Å²) in [6, 6.07) is 8.66. The summed E-state index contributed by atoms with van der Waals surface area (Å²) < 4.78 is 14.1. The molecule has 3 aromatic rings. The Morgan fingerprint density at radius 2 is 1.95 bits per heavy atom. The zero-order valence-corrected chi connectivity index (χ0v) is 10.3. The van der Waals surface area contributed by atoms with Crippen LogP contribution in [0.3, 0.4) is 0 Å². The van der Waals surface area contributed by atoms with Crippen LogP contribution in [0.1, 0.15) is 15.9 Å². The molecule has 1 aromatic heterocycles. The molecular formula is C15H11FN2O. The highest BCUT2D eigenvalue weighted by atomic mass is 19.1. The average Bonchev–Trinajstić information content (AvgIpc) is 2.90. The van der Waals surface area contributed by atoms with Crippen LogP contribution in [0, 0.1) is 5.82 Å². The molecule has 4 heteroatoms. The van der Waals surface area contributed by atoms with Crippen LogP contribution in [-0.2, 0) is 6.54 Å². The number of halogens is 1. The molecule has 0 radical (unpaired) electrons. The number of hydrogen-bond donors (Lipinski definition) is 1. The number of carbonyl (C=O) groups excluding carboxylic acids is 1. The maximum atomic E-state index is 14.1. The molecule has 0 spiro atoms. The standard InChI is InChI=1S/C15H11FN2O/c1-18-7-9-8(15(18)19)5-6-12-13(9)14-10(16)3-2-4-11(14)17-12/h2-6,17H,7H2,1H3. The third kappa shape index (κ3) is 1.23. The molecule has 0 aliphatic carbocycles. The van der Waals surface area contributed by atoms with Gasteiger partial charge in [0.15, 0.2) is 0 Å². The number of benzene rings is 2. The van der Waals surface area contributed by atoms with Crippen molar-refractivity contribution >= 4 is 27.7 Å². The van der Waals surface area contributed by atoms with Crippen LogP contribution < -0.4 is 0 Å². The molecule has 19 heavy (non-hydrogen) atoms. The van der Waals surface area contributed by atoms with Crippen LogP contribution in [-0.4, -0.2) is 22.8 Å². The predicted molar refractivity (Wildman–Crippen MR) is 71.6 cm³/mol. The SMILES string of the molecule is CN1Cc2c(ccc3[nH]c4cccc(F)c4c23)C1=O. The van der Waals surface area contributed by atoms with Gasteiger partial charge in [-0.2, -0.15) is 0 Å². The Bertz CT molecular complexity index is 850. The Hall–Kier alpha value is -2.36. The van der Waals surface area contributed by atoms with Gasteiger partial charge in [-0.05, 0) is 29.8 Å². The first-order valence-corrected chi connectivity index (χ1v) is 6.14. The van der Waals surface area contributed by atoms with Crippen LogP contribution in [0.25, 0.3) is 21.8 Å². The molecule has 1 amide bonds. The van der Waals surface area contributed by atoms with Gasteiger partial charge >= 0.3 is 0 Å². The normalized spacial score (nSPS) is 14.6. The summed E-state index contributed by atoms with van der Waals surface area (Å²) in [5.41, 5.74) is 3.24.